The van der Waals surface area contributed by atoms with Gasteiger partial charge in [0, 0.05) is 5.02 Å². The van der Waals surface area contributed by atoms with Gasteiger partial charge in [-0.2, -0.15) is 0 Å². The second-order valence-electron chi connectivity index (χ2n) is 4.75. The highest BCUT2D eigenvalue weighted by Gasteiger charge is 2.25. The number of hydrogen-bond acceptors (Lipinski definition) is 0. The van der Waals surface area contributed by atoms with E-state index >= 15 is 0 Å². The lowest BCUT2D eigenvalue weighted by Gasteiger charge is -2.26. The van der Waals surface area contributed by atoms with Crippen LogP contribution in [0.4, 0.5) is 4.39 Å². The van der Waals surface area contributed by atoms with Crippen LogP contribution in [0.3, 0.4) is 0 Å². The summed E-state index contributed by atoms with van der Waals surface area (Å²) in [6.07, 6.45) is 0. The van der Waals surface area contributed by atoms with E-state index in [0.717, 1.165) is 5.56 Å². The second-order valence-corrected chi connectivity index (χ2v) is 10.8. The molecule has 1 atom stereocenters. The average Bonchev–Trinajstić information content (AvgIpc) is 2.01. The van der Waals surface area contributed by atoms with Crippen molar-refractivity contribution >= 4 is 19.7 Å². The summed E-state index contributed by atoms with van der Waals surface area (Å²) in [5.41, 5.74) is 1.53. The topological polar surface area (TPSA) is 0 Å². The largest absolute Gasteiger partial charge is 0.207 e. The van der Waals surface area contributed by atoms with Crippen molar-refractivity contribution in [3.63, 3.8) is 0 Å². The molecule has 0 aliphatic rings. The van der Waals surface area contributed by atoms with E-state index in [9.17, 15) is 4.39 Å². The van der Waals surface area contributed by atoms with Crippen LogP contribution in [-0.4, -0.2) is 8.07 Å². The molecule has 0 amide bonds. The first kappa shape index (κ1) is 11.7. The zero-order valence-corrected chi connectivity index (χ0v) is 10.8. The van der Waals surface area contributed by atoms with Crippen molar-refractivity contribution in [1.29, 1.82) is 0 Å². The lowest BCUT2D eigenvalue weighted by Crippen LogP contribution is -2.28. The number of benzene rings is 1. The summed E-state index contributed by atoms with van der Waals surface area (Å²) in [4.78, 5) is 0. The first-order valence-electron chi connectivity index (χ1n) is 4.77. The van der Waals surface area contributed by atoms with Crippen LogP contribution in [-0.2, 0) is 0 Å². The highest BCUT2D eigenvalue weighted by molar-refractivity contribution is 6.77. The molecule has 0 N–H and O–H groups in total. The van der Waals surface area contributed by atoms with Gasteiger partial charge in [-0.25, -0.2) is 4.39 Å². The third-order valence-electron chi connectivity index (χ3n) is 2.73. The fraction of sp³-hybridized carbons (Fsp3) is 0.455. The molecule has 0 nitrogen and oxygen atoms in total. The molecule has 0 saturated heterocycles. The predicted molar refractivity (Wildman–Crippen MR) is 63.2 cm³/mol. The van der Waals surface area contributed by atoms with Crippen molar-refractivity contribution in [2.75, 3.05) is 0 Å². The Morgan fingerprint density at radius 3 is 2.29 bits per heavy atom. The third kappa shape index (κ3) is 2.58. The Labute approximate surface area is 91.1 Å². The summed E-state index contributed by atoms with van der Waals surface area (Å²) in [6, 6.07) is 4.69. The molecule has 0 spiro atoms. The maximum absolute atomic E-state index is 12.8. The van der Waals surface area contributed by atoms with Crippen LogP contribution < -0.4 is 0 Å². The molecular weight excluding hydrogens is 215 g/mol. The Bertz CT molecular complexity index is 331. The molecule has 14 heavy (non-hydrogen) atoms. The minimum atomic E-state index is -1.26. The molecule has 0 aromatic heterocycles. The maximum atomic E-state index is 12.8. The van der Waals surface area contributed by atoms with E-state index in [1.165, 1.54) is 12.1 Å². The van der Waals surface area contributed by atoms with Gasteiger partial charge < -0.3 is 0 Å². The highest BCUT2D eigenvalue weighted by Crippen LogP contribution is 2.31. The predicted octanol–water partition coefficient (Wildman–Crippen LogP) is 4.46. The SMILES string of the molecule is CC(c1ccc(F)cc1Cl)[Si](C)(C)C. The van der Waals surface area contributed by atoms with Crippen molar-refractivity contribution in [3.8, 4) is 0 Å². The highest BCUT2D eigenvalue weighted by atomic mass is 35.5. The maximum Gasteiger partial charge on any atom is 0.124 e. The van der Waals surface area contributed by atoms with Crippen LogP contribution in [0.25, 0.3) is 0 Å². The summed E-state index contributed by atoms with van der Waals surface area (Å²) >= 11 is 6.01. The van der Waals surface area contributed by atoms with Crippen LogP contribution in [0.1, 0.15) is 18.0 Å². The molecule has 0 heterocycles. The smallest absolute Gasteiger partial charge is 0.124 e. The first-order chi connectivity index (χ1) is 6.32. The van der Waals surface area contributed by atoms with E-state index < -0.39 is 8.07 Å². The lowest BCUT2D eigenvalue weighted by molar-refractivity contribution is 0.627. The van der Waals surface area contributed by atoms with Crippen molar-refractivity contribution in [2.45, 2.75) is 32.1 Å². The normalized spacial score (nSPS) is 14.1. The minimum Gasteiger partial charge on any atom is -0.207 e. The molecule has 0 fully saturated rings. The zero-order valence-electron chi connectivity index (χ0n) is 9.07. The Kier molecular flexibility index (Phi) is 3.38. The van der Waals surface area contributed by atoms with Crippen LogP contribution in [0, 0.1) is 5.82 Å². The van der Waals surface area contributed by atoms with Gasteiger partial charge in [0.25, 0.3) is 0 Å². The van der Waals surface area contributed by atoms with Gasteiger partial charge in [0.2, 0.25) is 0 Å². The van der Waals surface area contributed by atoms with E-state index in [1.54, 1.807) is 6.07 Å². The summed E-state index contributed by atoms with van der Waals surface area (Å²) in [6.45, 7) is 9.04. The summed E-state index contributed by atoms with van der Waals surface area (Å²) in [5.74, 6) is -0.262. The Morgan fingerprint density at radius 1 is 1.29 bits per heavy atom. The number of rotatable bonds is 2. The molecule has 0 aliphatic carbocycles. The molecular formula is C11H16ClFSi. The molecule has 3 heteroatoms. The molecule has 1 aromatic carbocycles. The molecule has 1 rings (SSSR count). The first-order valence-corrected chi connectivity index (χ1v) is 8.73. The molecule has 0 radical (unpaired) electrons. The second kappa shape index (κ2) is 4.03. The fourth-order valence-corrected chi connectivity index (χ4v) is 2.93. The lowest BCUT2D eigenvalue weighted by atomic mass is 10.1. The van der Waals surface area contributed by atoms with Gasteiger partial charge >= 0.3 is 0 Å². The van der Waals surface area contributed by atoms with Gasteiger partial charge in [0.1, 0.15) is 5.82 Å². The number of hydrogen-bond donors (Lipinski definition) is 0. The fourth-order valence-electron chi connectivity index (χ4n) is 1.32. The van der Waals surface area contributed by atoms with Gasteiger partial charge in [-0.1, -0.05) is 44.2 Å². The van der Waals surface area contributed by atoms with Crippen LogP contribution >= 0.6 is 11.6 Å². The molecule has 0 saturated carbocycles. The van der Waals surface area contributed by atoms with Gasteiger partial charge in [0.05, 0.1) is 8.07 Å². The zero-order chi connectivity index (χ0) is 10.9. The van der Waals surface area contributed by atoms with Crippen molar-refractivity contribution in [3.05, 3.63) is 34.6 Å². The van der Waals surface area contributed by atoms with Crippen LogP contribution in [0.15, 0.2) is 18.2 Å². The summed E-state index contributed by atoms with van der Waals surface area (Å²) in [7, 11) is -1.26. The quantitative estimate of drug-likeness (QED) is 0.658. The standard InChI is InChI=1S/C11H16ClFSi/c1-8(14(2,3)4)10-6-5-9(13)7-11(10)12/h5-8H,1-4H3. The molecule has 0 bridgehead atoms. The summed E-state index contributed by atoms with van der Waals surface area (Å²) in [5, 5.41) is 0.555. The summed E-state index contributed by atoms with van der Waals surface area (Å²) < 4.78 is 12.8. The Hall–Kier alpha value is -0.343. The molecule has 1 unspecified atom stereocenters. The van der Waals surface area contributed by atoms with E-state index in [0.29, 0.717) is 10.6 Å². The van der Waals surface area contributed by atoms with Gasteiger partial charge in [-0.05, 0) is 23.2 Å². The Morgan fingerprint density at radius 2 is 1.86 bits per heavy atom. The third-order valence-corrected chi connectivity index (χ3v) is 5.96. The average molecular weight is 231 g/mol. The van der Waals surface area contributed by atoms with Crippen molar-refractivity contribution in [2.24, 2.45) is 0 Å². The van der Waals surface area contributed by atoms with E-state index in [2.05, 4.69) is 26.6 Å². The molecule has 78 valence electrons. The van der Waals surface area contributed by atoms with Crippen LogP contribution in [0.2, 0.25) is 24.7 Å². The van der Waals surface area contributed by atoms with Gasteiger partial charge in [0.15, 0.2) is 0 Å². The number of halogens is 2. The minimum absolute atomic E-state index is 0.262. The van der Waals surface area contributed by atoms with Crippen LogP contribution in [0.5, 0.6) is 0 Å². The van der Waals surface area contributed by atoms with Gasteiger partial charge in [-0.15, -0.1) is 0 Å². The van der Waals surface area contributed by atoms with E-state index in [4.69, 9.17) is 11.6 Å². The van der Waals surface area contributed by atoms with Crippen molar-refractivity contribution in [1.82, 2.24) is 0 Å². The van der Waals surface area contributed by atoms with Gasteiger partial charge in [-0.3, -0.25) is 0 Å². The van der Waals surface area contributed by atoms with E-state index in [-0.39, 0.29) is 5.82 Å². The van der Waals surface area contributed by atoms with E-state index in [1.807, 2.05) is 0 Å². The van der Waals surface area contributed by atoms with Crippen molar-refractivity contribution < 1.29 is 4.39 Å². The molecule has 0 aliphatic heterocycles. The Balaban J connectivity index is 3.08. The molecule has 1 aromatic rings. The monoisotopic (exact) mass is 230 g/mol.